The number of fused-ring (bicyclic) bond motifs is 2. The maximum Gasteiger partial charge on any atom is 0.174 e. The van der Waals surface area contributed by atoms with E-state index in [9.17, 15) is 0 Å². The van der Waals surface area contributed by atoms with Gasteiger partial charge >= 0.3 is 0 Å². The molecule has 3 unspecified atom stereocenters. The minimum absolute atomic E-state index is 0.330. The summed E-state index contributed by atoms with van der Waals surface area (Å²) >= 11 is 3.34. The van der Waals surface area contributed by atoms with Crippen molar-refractivity contribution in [1.29, 1.82) is 0 Å². The fraction of sp³-hybridized carbons (Fsp3) is 0.700. The van der Waals surface area contributed by atoms with Gasteiger partial charge in [0.2, 0.25) is 0 Å². The molecule has 2 bridgehead atoms. The largest absolute Gasteiger partial charge is 0.411 e. The number of oxime groups is 1. The Morgan fingerprint density at radius 1 is 1.44 bits per heavy atom. The second-order valence-corrected chi connectivity index (χ2v) is 6.99. The Kier molecular flexibility index (Phi) is 2.63. The third-order valence-corrected chi connectivity index (χ3v) is 5.80. The van der Waals surface area contributed by atoms with Crippen molar-refractivity contribution in [1.82, 2.24) is 10.2 Å². The smallest absolute Gasteiger partial charge is 0.174 e. The molecule has 2 aliphatic rings. The van der Waals surface area contributed by atoms with Crippen LogP contribution in [0.3, 0.4) is 0 Å². The summed E-state index contributed by atoms with van der Waals surface area (Å²) in [6.07, 6.45) is 3.64. The highest BCUT2D eigenvalue weighted by Gasteiger charge is 2.46. The van der Waals surface area contributed by atoms with E-state index in [2.05, 4.69) is 15.4 Å². The molecule has 3 rings (SSSR count). The standard InChI is InChI=1S/C10H13N3OS2/c1-5-11-12-10(15-5)16-9-7-3-2-6(4-7)8(9)13-14/h6-7,9,14H,2-4H2,1H3. The lowest BCUT2D eigenvalue weighted by Gasteiger charge is -2.20. The molecule has 1 heterocycles. The lowest BCUT2D eigenvalue weighted by atomic mass is 9.98. The van der Waals surface area contributed by atoms with Crippen LogP contribution in [-0.2, 0) is 0 Å². The van der Waals surface area contributed by atoms with Crippen molar-refractivity contribution in [3.05, 3.63) is 5.01 Å². The van der Waals surface area contributed by atoms with Crippen molar-refractivity contribution >= 4 is 28.8 Å². The Bertz CT molecular complexity index is 431. The monoisotopic (exact) mass is 255 g/mol. The summed E-state index contributed by atoms with van der Waals surface area (Å²) < 4.78 is 0.996. The average Bonchev–Trinajstić information content (AvgIpc) is 2.94. The zero-order valence-corrected chi connectivity index (χ0v) is 10.6. The Morgan fingerprint density at radius 3 is 3.00 bits per heavy atom. The third-order valence-electron chi connectivity index (χ3n) is 3.46. The maximum absolute atomic E-state index is 9.08. The first-order valence-corrected chi connectivity index (χ1v) is 7.16. The number of hydrogen-bond donors (Lipinski definition) is 1. The van der Waals surface area contributed by atoms with Crippen LogP contribution in [0.25, 0.3) is 0 Å². The molecular weight excluding hydrogens is 242 g/mol. The lowest BCUT2D eigenvalue weighted by Crippen LogP contribution is -2.24. The Hall–Kier alpha value is -0.620. The van der Waals surface area contributed by atoms with Crippen LogP contribution in [0.5, 0.6) is 0 Å². The van der Waals surface area contributed by atoms with Crippen LogP contribution in [0.15, 0.2) is 9.50 Å². The van der Waals surface area contributed by atoms with E-state index in [4.69, 9.17) is 5.21 Å². The minimum Gasteiger partial charge on any atom is -0.411 e. The normalized spacial score (nSPS) is 35.1. The molecule has 0 radical (unpaired) electrons. The number of rotatable bonds is 2. The highest BCUT2D eigenvalue weighted by molar-refractivity contribution is 8.02. The second kappa shape index (κ2) is 4.00. The molecule has 2 fully saturated rings. The Labute approximate surface area is 102 Å². The van der Waals surface area contributed by atoms with Gasteiger partial charge in [0.15, 0.2) is 4.34 Å². The molecule has 3 atom stereocenters. The molecule has 1 aromatic heterocycles. The van der Waals surface area contributed by atoms with E-state index >= 15 is 0 Å². The molecule has 0 saturated heterocycles. The van der Waals surface area contributed by atoms with Gasteiger partial charge in [-0.3, -0.25) is 0 Å². The molecule has 2 aliphatic carbocycles. The average molecular weight is 255 g/mol. The molecule has 86 valence electrons. The Morgan fingerprint density at radius 2 is 2.31 bits per heavy atom. The molecule has 0 spiro atoms. The van der Waals surface area contributed by atoms with E-state index < -0.39 is 0 Å². The van der Waals surface area contributed by atoms with Gasteiger partial charge in [-0.2, -0.15) is 0 Å². The number of nitrogens with zero attached hydrogens (tertiary/aromatic N) is 3. The predicted molar refractivity (Wildman–Crippen MR) is 64.3 cm³/mol. The van der Waals surface area contributed by atoms with Gasteiger partial charge in [0.05, 0.1) is 11.0 Å². The van der Waals surface area contributed by atoms with E-state index in [1.807, 2.05) is 6.92 Å². The lowest BCUT2D eigenvalue weighted by molar-refractivity contribution is 0.314. The molecule has 0 aliphatic heterocycles. The van der Waals surface area contributed by atoms with Crippen LogP contribution in [0, 0.1) is 18.8 Å². The molecule has 4 nitrogen and oxygen atoms in total. The molecule has 0 amide bonds. The van der Waals surface area contributed by atoms with Crippen LogP contribution >= 0.6 is 23.1 Å². The first kappa shape index (κ1) is 10.5. The van der Waals surface area contributed by atoms with Gasteiger partial charge in [0.1, 0.15) is 5.01 Å². The van der Waals surface area contributed by atoms with Crippen molar-refractivity contribution in [2.75, 3.05) is 0 Å². The second-order valence-electron chi connectivity index (χ2n) is 4.42. The van der Waals surface area contributed by atoms with Crippen molar-refractivity contribution < 1.29 is 5.21 Å². The highest BCUT2D eigenvalue weighted by atomic mass is 32.2. The van der Waals surface area contributed by atoms with Gasteiger partial charge in [0.25, 0.3) is 0 Å². The molecule has 6 heteroatoms. The maximum atomic E-state index is 9.08. The van der Waals surface area contributed by atoms with Gasteiger partial charge in [-0.05, 0) is 32.1 Å². The van der Waals surface area contributed by atoms with Crippen molar-refractivity contribution in [2.45, 2.75) is 35.8 Å². The first-order chi connectivity index (χ1) is 7.78. The summed E-state index contributed by atoms with van der Waals surface area (Å²) in [6.45, 7) is 1.96. The van der Waals surface area contributed by atoms with Crippen LogP contribution in [-0.4, -0.2) is 26.4 Å². The molecule has 2 saturated carbocycles. The van der Waals surface area contributed by atoms with Gasteiger partial charge in [-0.1, -0.05) is 28.3 Å². The highest BCUT2D eigenvalue weighted by Crippen LogP contribution is 2.49. The predicted octanol–water partition coefficient (Wildman–Crippen LogP) is 2.57. The summed E-state index contributed by atoms with van der Waals surface area (Å²) in [7, 11) is 0. The number of aryl methyl sites for hydroxylation is 1. The first-order valence-electron chi connectivity index (χ1n) is 5.46. The van der Waals surface area contributed by atoms with Crippen molar-refractivity contribution in [3.8, 4) is 0 Å². The number of thioether (sulfide) groups is 1. The van der Waals surface area contributed by atoms with Crippen molar-refractivity contribution in [2.24, 2.45) is 17.0 Å². The zero-order chi connectivity index (χ0) is 11.1. The van der Waals surface area contributed by atoms with E-state index in [-0.39, 0.29) is 0 Å². The van der Waals surface area contributed by atoms with Gasteiger partial charge in [-0.15, -0.1) is 10.2 Å². The summed E-state index contributed by atoms with van der Waals surface area (Å²) in [6, 6.07) is 0. The van der Waals surface area contributed by atoms with Crippen LogP contribution in [0.2, 0.25) is 0 Å². The van der Waals surface area contributed by atoms with Crippen molar-refractivity contribution in [3.63, 3.8) is 0 Å². The fourth-order valence-electron chi connectivity index (χ4n) is 2.76. The molecule has 16 heavy (non-hydrogen) atoms. The quantitative estimate of drug-likeness (QED) is 0.652. The molecular formula is C10H13N3OS2. The van der Waals surface area contributed by atoms with E-state index in [0.29, 0.717) is 17.1 Å². The number of hydrogen-bond acceptors (Lipinski definition) is 6. The third kappa shape index (κ3) is 1.64. The van der Waals surface area contributed by atoms with Gasteiger partial charge in [0, 0.05) is 5.92 Å². The topological polar surface area (TPSA) is 58.4 Å². The van der Waals surface area contributed by atoms with Crippen LogP contribution in [0.1, 0.15) is 24.3 Å². The molecule has 1 aromatic rings. The van der Waals surface area contributed by atoms with E-state index in [1.54, 1.807) is 23.1 Å². The SMILES string of the molecule is Cc1nnc(SC2C(=NO)C3CCC2C3)s1. The van der Waals surface area contributed by atoms with E-state index in [1.165, 1.54) is 19.3 Å². The van der Waals surface area contributed by atoms with Crippen LogP contribution in [0.4, 0.5) is 0 Å². The summed E-state index contributed by atoms with van der Waals surface area (Å²) in [5, 5.41) is 22.1. The van der Waals surface area contributed by atoms with Gasteiger partial charge in [-0.25, -0.2) is 0 Å². The fourth-order valence-corrected chi connectivity index (χ4v) is 5.15. The number of aromatic nitrogens is 2. The zero-order valence-electron chi connectivity index (χ0n) is 8.96. The van der Waals surface area contributed by atoms with Crippen LogP contribution < -0.4 is 0 Å². The summed E-state index contributed by atoms with van der Waals surface area (Å²) in [5.74, 6) is 1.19. The summed E-state index contributed by atoms with van der Waals surface area (Å²) in [4.78, 5) is 0. The molecule has 0 aromatic carbocycles. The van der Waals surface area contributed by atoms with E-state index in [0.717, 1.165) is 15.1 Å². The minimum atomic E-state index is 0.330. The Balaban J connectivity index is 1.80. The van der Waals surface area contributed by atoms with Gasteiger partial charge < -0.3 is 5.21 Å². The summed E-state index contributed by atoms with van der Waals surface area (Å²) in [5.41, 5.74) is 0.981. The molecule has 1 N–H and O–H groups in total.